The molecule has 0 aliphatic rings. The van der Waals surface area contributed by atoms with E-state index in [1.165, 1.54) is 19.4 Å². The average molecular weight is 226 g/mol. The third-order valence-electron chi connectivity index (χ3n) is 1.73. The molecule has 0 aliphatic carbocycles. The number of rotatable bonds is 3. The molecule has 1 aromatic heterocycles. The van der Waals surface area contributed by atoms with Gasteiger partial charge in [0.15, 0.2) is 5.94 Å². The van der Waals surface area contributed by atoms with Crippen LogP contribution in [0.3, 0.4) is 0 Å². The minimum absolute atomic E-state index is 0.0284. The molecule has 0 atom stereocenters. The molecule has 0 saturated heterocycles. The van der Waals surface area contributed by atoms with Crippen LogP contribution < -0.4 is 0 Å². The first-order valence-electron chi connectivity index (χ1n) is 4.09. The summed E-state index contributed by atoms with van der Waals surface area (Å²) in [6, 6.07) is 3.16. The summed E-state index contributed by atoms with van der Waals surface area (Å²) >= 11 is 0. The number of methoxy groups -OCH3 is 1. The lowest BCUT2D eigenvalue weighted by atomic mass is 10.3. The molecule has 5 nitrogen and oxygen atoms in total. The smallest absolute Gasteiger partial charge is 0.203 e. The van der Waals surface area contributed by atoms with Crippen LogP contribution >= 0.6 is 0 Å². The molecule has 1 heterocycles. The van der Waals surface area contributed by atoms with Gasteiger partial charge in [-0.2, -0.15) is 5.26 Å². The van der Waals surface area contributed by atoms with Crippen molar-refractivity contribution < 1.29 is 13.2 Å². The van der Waals surface area contributed by atoms with E-state index in [1.807, 2.05) is 0 Å². The maximum Gasteiger partial charge on any atom is 0.203 e. The summed E-state index contributed by atoms with van der Waals surface area (Å²) in [6.45, 7) is 1.66. The zero-order valence-electron chi connectivity index (χ0n) is 8.39. The van der Waals surface area contributed by atoms with Crippen LogP contribution in [0.25, 0.3) is 0 Å². The summed E-state index contributed by atoms with van der Waals surface area (Å²) < 4.78 is 27.9. The number of ether oxygens (including phenoxy) is 1. The highest BCUT2D eigenvalue weighted by atomic mass is 32.2. The van der Waals surface area contributed by atoms with Crippen molar-refractivity contribution in [2.45, 2.75) is 11.8 Å². The quantitative estimate of drug-likeness (QED) is 0.755. The molecule has 0 N–H and O–H groups in total. The molecule has 0 fully saturated rings. The molecule has 0 unspecified atom stereocenters. The van der Waals surface area contributed by atoms with Gasteiger partial charge in [0.2, 0.25) is 9.84 Å². The Balaban J connectivity index is 3.37. The third kappa shape index (κ3) is 2.52. The van der Waals surface area contributed by atoms with E-state index in [-0.39, 0.29) is 10.5 Å². The van der Waals surface area contributed by atoms with E-state index in [4.69, 9.17) is 5.26 Å². The van der Waals surface area contributed by atoms with E-state index >= 15 is 0 Å². The van der Waals surface area contributed by atoms with E-state index in [0.29, 0.717) is 5.69 Å². The number of nitriles is 1. The van der Waals surface area contributed by atoms with Gasteiger partial charge in [0, 0.05) is 19.0 Å². The number of hydrogen-bond donors (Lipinski definition) is 0. The molecule has 1 aromatic rings. The number of nitrogens with zero attached hydrogens (tertiary/aromatic N) is 2. The van der Waals surface area contributed by atoms with Crippen LogP contribution in [0.1, 0.15) is 11.3 Å². The highest BCUT2D eigenvalue weighted by Crippen LogP contribution is 2.16. The molecule has 80 valence electrons. The predicted molar refractivity (Wildman–Crippen MR) is 52.8 cm³/mol. The third-order valence-corrected chi connectivity index (χ3v) is 3.29. The van der Waals surface area contributed by atoms with Crippen LogP contribution in [0.2, 0.25) is 0 Å². The topological polar surface area (TPSA) is 80.1 Å². The van der Waals surface area contributed by atoms with Crippen LogP contribution in [0.5, 0.6) is 0 Å². The molecule has 0 aromatic carbocycles. The molecular weight excluding hydrogens is 216 g/mol. The lowest BCUT2D eigenvalue weighted by molar-refractivity contribution is 0.249. The van der Waals surface area contributed by atoms with Crippen molar-refractivity contribution in [3.8, 4) is 6.07 Å². The predicted octanol–water partition coefficient (Wildman–Crippen LogP) is 0.639. The van der Waals surface area contributed by atoms with Crippen LogP contribution in [-0.4, -0.2) is 26.5 Å². The van der Waals surface area contributed by atoms with Crippen LogP contribution in [0.15, 0.2) is 17.2 Å². The summed E-state index contributed by atoms with van der Waals surface area (Å²) in [4.78, 5) is 3.83. The zero-order valence-corrected chi connectivity index (χ0v) is 9.21. The fourth-order valence-corrected chi connectivity index (χ4v) is 2.32. The van der Waals surface area contributed by atoms with Crippen molar-refractivity contribution >= 4 is 9.84 Å². The number of sulfone groups is 1. The van der Waals surface area contributed by atoms with Crippen LogP contribution in [0, 0.1) is 18.3 Å². The Labute approximate surface area is 88.2 Å². The normalized spacial score (nSPS) is 11.0. The molecule has 15 heavy (non-hydrogen) atoms. The molecule has 0 bridgehead atoms. The lowest BCUT2D eigenvalue weighted by Crippen LogP contribution is -2.10. The minimum Gasteiger partial charge on any atom is -0.368 e. The minimum atomic E-state index is -3.56. The zero-order chi connectivity index (χ0) is 11.5. The molecule has 0 spiro atoms. The first-order valence-corrected chi connectivity index (χ1v) is 5.75. The van der Waals surface area contributed by atoms with E-state index in [1.54, 1.807) is 13.0 Å². The highest BCUT2D eigenvalue weighted by Gasteiger charge is 2.19. The second-order valence-electron chi connectivity index (χ2n) is 2.95. The molecule has 6 heteroatoms. The Kier molecular flexibility index (Phi) is 3.39. The summed E-state index contributed by atoms with van der Waals surface area (Å²) in [6.07, 6.45) is 1.25. The van der Waals surface area contributed by atoms with Crippen molar-refractivity contribution in [2.75, 3.05) is 13.0 Å². The van der Waals surface area contributed by atoms with Crippen LogP contribution in [0.4, 0.5) is 0 Å². The maximum absolute atomic E-state index is 11.7. The molecule has 0 amide bonds. The van der Waals surface area contributed by atoms with Gasteiger partial charge in [-0.3, -0.25) is 4.98 Å². The number of aromatic nitrogens is 1. The summed E-state index contributed by atoms with van der Waals surface area (Å²) in [5.74, 6) is -0.439. The van der Waals surface area contributed by atoms with Gasteiger partial charge in [-0.15, -0.1) is 0 Å². The van der Waals surface area contributed by atoms with Gasteiger partial charge in [-0.1, -0.05) is 0 Å². The van der Waals surface area contributed by atoms with E-state index in [2.05, 4.69) is 9.72 Å². The van der Waals surface area contributed by atoms with Gasteiger partial charge in [0.25, 0.3) is 0 Å². The maximum atomic E-state index is 11.7. The van der Waals surface area contributed by atoms with Gasteiger partial charge in [-0.05, 0) is 13.0 Å². The monoisotopic (exact) mass is 226 g/mol. The van der Waals surface area contributed by atoms with E-state index < -0.39 is 15.8 Å². The van der Waals surface area contributed by atoms with Crippen molar-refractivity contribution in [1.29, 1.82) is 5.26 Å². The summed E-state index contributed by atoms with van der Waals surface area (Å²) in [5, 5.41) is 8.75. The summed E-state index contributed by atoms with van der Waals surface area (Å²) in [7, 11) is -2.27. The Morgan fingerprint density at radius 2 is 2.27 bits per heavy atom. The van der Waals surface area contributed by atoms with Gasteiger partial charge in [0.1, 0.15) is 6.07 Å². The second kappa shape index (κ2) is 4.38. The first kappa shape index (κ1) is 11.6. The Hall–Kier alpha value is -1.45. The fourth-order valence-electron chi connectivity index (χ4n) is 1.09. The fraction of sp³-hybridized carbons (Fsp3) is 0.333. The van der Waals surface area contributed by atoms with Gasteiger partial charge in [0.05, 0.1) is 10.5 Å². The molecule has 1 rings (SSSR count). The molecule has 0 saturated carbocycles. The Morgan fingerprint density at radius 3 is 2.80 bits per heavy atom. The van der Waals surface area contributed by atoms with Crippen molar-refractivity contribution in [2.24, 2.45) is 0 Å². The van der Waals surface area contributed by atoms with Crippen molar-refractivity contribution in [3.05, 3.63) is 23.5 Å². The van der Waals surface area contributed by atoms with Gasteiger partial charge < -0.3 is 4.74 Å². The highest BCUT2D eigenvalue weighted by molar-refractivity contribution is 7.91. The first-order chi connectivity index (χ1) is 7.01. The number of hydrogen-bond acceptors (Lipinski definition) is 5. The summed E-state index contributed by atoms with van der Waals surface area (Å²) in [5.41, 5.74) is 0.585. The Morgan fingerprint density at radius 1 is 1.60 bits per heavy atom. The number of aryl methyl sites for hydroxylation is 1. The standard InChI is InChI=1S/C9H10N2O3S/c1-7-3-9(8(4-10)5-11-7)15(12,13)6-14-2/h3,5H,6H2,1-2H3. The molecular formula is C9H10N2O3S. The molecule has 0 aliphatic heterocycles. The lowest BCUT2D eigenvalue weighted by Gasteiger charge is -2.05. The SMILES string of the molecule is COCS(=O)(=O)c1cc(C)ncc1C#N. The van der Waals surface area contributed by atoms with Crippen molar-refractivity contribution in [3.63, 3.8) is 0 Å². The average Bonchev–Trinajstić information content (AvgIpc) is 2.17. The van der Waals surface area contributed by atoms with Gasteiger partial charge >= 0.3 is 0 Å². The van der Waals surface area contributed by atoms with E-state index in [9.17, 15) is 8.42 Å². The largest absolute Gasteiger partial charge is 0.368 e. The Bertz CT molecular complexity index is 503. The van der Waals surface area contributed by atoms with Crippen LogP contribution in [-0.2, 0) is 14.6 Å². The second-order valence-corrected chi connectivity index (χ2v) is 4.86. The molecule has 0 radical (unpaired) electrons. The van der Waals surface area contributed by atoms with E-state index in [0.717, 1.165) is 0 Å². The number of pyridine rings is 1. The van der Waals surface area contributed by atoms with Gasteiger partial charge in [-0.25, -0.2) is 8.42 Å². The van der Waals surface area contributed by atoms with Crippen molar-refractivity contribution in [1.82, 2.24) is 4.98 Å².